The molecule has 2 bridgehead atoms. The molecule has 0 fully saturated rings. The predicted octanol–water partition coefficient (Wildman–Crippen LogP) is 4.83. The number of aromatic amines is 1. The van der Waals surface area contributed by atoms with Crippen LogP contribution in [0.3, 0.4) is 0 Å². The largest absolute Gasteiger partial charge is 0.497 e. The number of aliphatic imine (C=N–C) groups is 1. The highest BCUT2D eigenvalue weighted by atomic mass is 16.5. The third kappa shape index (κ3) is 3.51. The van der Waals surface area contributed by atoms with Crippen molar-refractivity contribution < 1.29 is 4.74 Å². The maximum Gasteiger partial charge on any atom is 0.248 e. The van der Waals surface area contributed by atoms with Crippen molar-refractivity contribution in [2.75, 3.05) is 7.11 Å². The lowest BCUT2D eigenvalue weighted by Crippen LogP contribution is -2.40. The summed E-state index contributed by atoms with van der Waals surface area (Å²) in [7, 11) is 1.67. The maximum atomic E-state index is 11.9. The Morgan fingerprint density at radius 2 is 2.00 bits per heavy atom. The Morgan fingerprint density at radius 1 is 1.21 bits per heavy atom. The number of hydrogen-bond donors (Lipinski definition) is 1. The van der Waals surface area contributed by atoms with Crippen LogP contribution in [0.15, 0.2) is 75.6 Å². The van der Waals surface area contributed by atoms with Crippen LogP contribution in [0.2, 0.25) is 0 Å². The summed E-state index contributed by atoms with van der Waals surface area (Å²) in [4.78, 5) is 20.0. The first-order chi connectivity index (χ1) is 14.1. The molecule has 1 N–H and O–H groups in total. The average molecular weight is 386 g/mol. The van der Waals surface area contributed by atoms with Gasteiger partial charge in [-0.1, -0.05) is 35.9 Å². The Hall–Kier alpha value is -3.14. The van der Waals surface area contributed by atoms with E-state index < -0.39 is 5.54 Å². The number of H-pyrrole nitrogens is 1. The summed E-state index contributed by atoms with van der Waals surface area (Å²) in [6.07, 6.45) is 12.1. The first-order valence-corrected chi connectivity index (χ1v) is 9.98. The van der Waals surface area contributed by atoms with E-state index in [4.69, 9.17) is 9.73 Å². The molecule has 2 aromatic rings. The van der Waals surface area contributed by atoms with Crippen LogP contribution < -0.4 is 10.3 Å². The van der Waals surface area contributed by atoms with Crippen LogP contribution >= 0.6 is 0 Å². The fraction of sp³-hybridized carbons (Fsp3) is 0.280. The van der Waals surface area contributed by atoms with Crippen LogP contribution in [0.5, 0.6) is 5.75 Å². The lowest BCUT2D eigenvalue weighted by molar-refractivity contribution is 0.413. The van der Waals surface area contributed by atoms with Gasteiger partial charge >= 0.3 is 0 Å². The van der Waals surface area contributed by atoms with Gasteiger partial charge in [0.2, 0.25) is 5.56 Å². The quantitative estimate of drug-likeness (QED) is 0.604. The SMILES string of the molecule is C/C=C1\[C@H]2C=C(C)C[C@]1(N=CC=Cc1ccc(OC)cc1)c1ccc(=O)[nH]c1C2. The second kappa shape index (κ2) is 7.70. The monoisotopic (exact) mass is 386 g/mol. The molecule has 0 saturated carbocycles. The molecule has 0 unspecified atom stereocenters. The first-order valence-electron chi connectivity index (χ1n) is 9.98. The van der Waals surface area contributed by atoms with Gasteiger partial charge in [-0.15, -0.1) is 0 Å². The third-order valence-electron chi connectivity index (χ3n) is 5.86. The highest BCUT2D eigenvalue weighted by Gasteiger charge is 2.46. The summed E-state index contributed by atoms with van der Waals surface area (Å²) in [5.41, 5.74) is 5.37. The molecular formula is C25H26N2O2. The predicted molar refractivity (Wildman–Crippen MR) is 119 cm³/mol. The van der Waals surface area contributed by atoms with Gasteiger partial charge in [-0.25, -0.2) is 0 Å². The standard InChI is InChI=1S/C25H26N2O2/c1-4-21-19-14-17(2)16-25(21,22-11-12-24(28)27-23(22)15-19)26-13-5-6-18-7-9-20(29-3)10-8-18/h4-14,19H,15-16H2,1-3H3,(H,27,28)/b6-5?,21-4+,26-13?/t19-,25+/m0/s1. The lowest BCUT2D eigenvalue weighted by Gasteiger charge is -2.45. The Morgan fingerprint density at radius 3 is 2.72 bits per heavy atom. The third-order valence-corrected chi connectivity index (χ3v) is 5.86. The molecule has 4 nitrogen and oxygen atoms in total. The molecule has 2 atom stereocenters. The molecule has 0 radical (unpaired) electrons. The molecule has 2 aliphatic carbocycles. The van der Waals surface area contributed by atoms with Crippen molar-refractivity contribution in [2.24, 2.45) is 10.9 Å². The molecule has 1 heterocycles. The minimum atomic E-state index is -0.444. The number of nitrogens with one attached hydrogen (secondary N) is 1. The number of rotatable bonds is 4. The highest BCUT2D eigenvalue weighted by Crippen LogP contribution is 2.51. The average Bonchev–Trinajstić information content (AvgIpc) is 2.71. The number of nitrogens with zero attached hydrogens (tertiary/aromatic N) is 1. The van der Waals surface area contributed by atoms with Gasteiger partial charge in [-0.2, -0.15) is 0 Å². The minimum Gasteiger partial charge on any atom is -0.497 e. The van der Waals surface area contributed by atoms with Crippen molar-refractivity contribution >= 4 is 12.3 Å². The number of pyridine rings is 1. The van der Waals surface area contributed by atoms with Crippen molar-refractivity contribution in [3.05, 3.63) is 92.9 Å². The molecule has 29 heavy (non-hydrogen) atoms. The van der Waals surface area contributed by atoms with Gasteiger partial charge in [0.1, 0.15) is 11.3 Å². The number of allylic oxidation sites excluding steroid dienone is 3. The van der Waals surface area contributed by atoms with Crippen LogP contribution in [0.25, 0.3) is 6.08 Å². The van der Waals surface area contributed by atoms with Gasteiger partial charge in [0.25, 0.3) is 0 Å². The molecule has 4 heteroatoms. The number of methoxy groups -OCH3 is 1. The Labute approximate surface area is 171 Å². The van der Waals surface area contributed by atoms with E-state index in [1.807, 2.05) is 48.7 Å². The topological polar surface area (TPSA) is 54.4 Å². The van der Waals surface area contributed by atoms with Gasteiger partial charge in [0.05, 0.1) is 7.11 Å². The summed E-state index contributed by atoms with van der Waals surface area (Å²) in [5, 5.41) is 0. The number of hydrogen-bond acceptors (Lipinski definition) is 3. The Balaban J connectivity index is 1.72. The van der Waals surface area contributed by atoms with Gasteiger partial charge in [0, 0.05) is 35.9 Å². The van der Waals surface area contributed by atoms with Crippen LogP contribution in [0, 0.1) is 5.92 Å². The maximum absolute atomic E-state index is 11.9. The first kappa shape index (κ1) is 19.2. The molecule has 1 aromatic heterocycles. The van der Waals surface area contributed by atoms with Crippen molar-refractivity contribution in [1.29, 1.82) is 0 Å². The lowest BCUT2D eigenvalue weighted by atomic mass is 9.63. The smallest absolute Gasteiger partial charge is 0.248 e. The van der Waals surface area contributed by atoms with Crippen molar-refractivity contribution in [2.45, 2.75) is 32.2 Å². The molecule has 1 aromatic carbocycles. The van der Waals surface area contributed by atoms with Crippen molar-refractivity contribution in [3.8, 4) is 5.75 Å². The summed E-state index contributed by atoms with van der Waals surface area (Å²) in [6.45, 7) is 4.26. The minimum absolute atomic E-state index is 0.0509. The van der Waals surface area contributed by atoms with Gasteiger partial charge in [-0.3, -0.25) is 9.79 Å². The Bertz CT molecular complexity index is 1090. The number of fused-ring (bicyclic) bond motifs is 4. The van der Waals surface area contributed by atoms with E-state index in [1.165, 1.54) is 11.1 Å². The molecule has 4 rings (SSSR count). The normalized spacial score (nSPS) is 24.7. The number of ether oxygens (including phenoxy) is 1. The van der Waals surface area contributed by atoms with Crippen molar-refractivity contribution in [3.63, 3.8) is 0 Å². The summed E-state index contributed by atoms with van der Waals surface area (Å²) in [5.74, 6) is 1.12. The molecule has 0 spiro atoms. The Kier molecular flexibility index (Phi) is 5.10. The van der Waals surface area contributed by atoms with Crippen LogP contribution in [-0.2, 0) is 12.0 Å². The summed E-state index contributed by atoms with van der Waals surface area (Å²) >= 11 is 0. The van der Waals surface area contributed by atoms with Crippen LogP contribution in [0.4, 0.5) is 0 Å². The van der Waals surface area contributed by atoms with E-state index in [0.717, 1.165) is 35.4 Å². The fourth-order valence-corrected chi connectivity index (χ4v) is 4.69. The molecule has 2 aliphatic rings. The van der Waals surface area contributed by atoms with E-state index in [9.17, 15) is 4.79 Å². The van der Waals surface area contributed by atoms with Gasteiger partial charge in [0.15, 0.2) is 0 Å². The molecule has 148 valence electrons. The van der Waals surface area contributed by atoms with E-state index in [1.54, 1.807) is 13.2 Å². The van der Waals surface area contributed by atoms with Crippen molar-refractivity contribution in [1.82, 2.24) is 4.98 Å². The van der Waals surface area contributed by atoms with Gasteiger partial charge in [-0.05, 0) is 55.7 Å². The number of aromatic nitrogens is 1. The second-order valence-electron chi connectivity index (χ2n) is 7.73. The summed E-state index contributed by atoms with van der Waals surface area (Å²) < 4.78 is 5.21. The fourth-order valence-electron chi connectivity index (χ4n) is 4.69. The summed E-state index contributed by atoms with van der Waals surface area (Å²) in [6, 6.07) is 11.5. The second-order valence-corrected chi connectivity index (χ2v) is 7.73. The number of benzene rings is 1. The highest BCUT2D eigenvalue weighted by molar-refractivity contribution is 5.79. The zero-order valence-corrected chi connectivity index (χ0v) is 17.1. The zero-order chi connectivity index (χ0) is 20.4. The molecule has 0 amide bonds. The van der Waals surface area contributed by atoms with Gasteiger partial charge < -0.3 is 9.72 Å². The molecular weight excluding hydrogens is 360 g/mol. The zero-order valence-electron chi connectivity index (χ0n) is 17.1. The van der Waals surface area contributed by atoms with Crippen LogP contribution in [-0.4, -0.2) is 18.3 Å². The van der Waals surface area contributed by atoms with E-state index >= 15 is 0 Å². The van der Waals surface area contributed by atoms with Crippen LogP contribution in [0.1, 0.15) is 37.1 Å². The molecule has 0 saturated heterocycles. The van der Waals surface area contributed by atoms with E-state index in [-0.39, 0.29) is 11.5 Å². The molecule has 0 aliphatic heterocycles. The van der Waals surface area contributed by atoms with E-state index in [2.05, 4.69) is 31.0 Å². The van der Waals surface area contributed by atoms with E-state index in [0.29, 0.717) is 0 Å².